The number of carbonyl (C=O) groups is 1. The van der Waals surface area contributed by atoms with Crippen molar-refractivity contribution in [2.24, 2.45) is 5.92 Å². The fourth-order valence-electron chi connectivity index (χ4n) is 3.46. The van der Waals surface area contributed by atoms with Gasteiger partial charge in [0.1, 0.15) is 0 Å². The number of esters is 1. The number of hydrogen-bond donors (Lipinski definition) is 0. The quantitative estimate of drug-likeness (QED) is 0.716. The monoisotopic (exact) mass is 318 g/mol. The second-order valence-corrected chi connectivity index (χ2v) is 8.48. The number of sulfonamides is 1. The highest BCUT2D eigenvalue weighted by molar-refractivity contribution is 7.89. The van der Waals surface area contributed by atoms with Crippen molar-refractivity contribution >= 4 is 16.0 Å². The first-order chi connectivity index (χ1) is 9.78. The smallest absolute Gasteiger partial charge is 0.310 e. The molecule has 0 bridgehead atoms. The lowest BCUT2D eigenvalue weighted by atomic mass is 10.1. The Bertz CT molecular complexity index is 481. The summed E-state index contributed by atoms with van der Waals surface area (Å²) in [7, 11) is -0.106. The highest BCUT2D eigenvalue weighted by atomic mass is 32.2. The van der Waals surface area contributed by atoms with E-state index in [9.17, 15) is 13.2 Å². The van der Waals surface area contributed by atoms with E-state index >= 15 is 0 Å². The van der Waals surface area contributed by atoms with Crippen molar-refractivity contribution in [3.05, 3.63) is 0 Å². The first kappa shape index (κ1) is 16.7. The van der Waals surface area contributed by atoms with E-state index in [4.69, 9.17) is 4.74 Å². The molecule has 2 fully saturated rings. The van der Waals surface area contributed by atoms with Gasteiger partial charge in [-0.1, -0.05) is 6.42 Å². The summed E-state index contributed by atoms with van der Waals surface area (Å²) in [4.78, 5) is 14.0. The van der Waals surface area contributed by atoms with Crippen LogP contribution < -0.4 is 0 Å². The van der Waals surface area contributed by atoms with Gasteiger partial charge in [0.2, 0.25) is 10.0 Å². The van der Waals surface area contributed by atoms with Gasteiger partial charge < -0.3 is 4.74 Å². The molecule has 6 nitrogen and oxygen atoms in total. The van der Waals surface area contributed by atoms with Crippen LogP contribution in [0.15, 0.2) is 0 Å². The third kappa shape index (κ3) is 3.10. The van der Waals surface area contributed by atoms with Crippen molar-refractivity contribution in [2.45, 2.75) is 50.4 Å². The van der Waals surface area contributed by atoms with E-state index in [0.29, 0.717) is 25.9 Å². The molecule has 1 saturated carbocycles. The van der Waals surface area contributed by atoms with Crippen molar-refractivity contribution in [2.75, 3.05) is 27.2 Å². The minimum Gasteiger partial charge on any atom is -0.469 e. The first-order valence-electron chi connectivity index (χ1n) is 7.57. The topological polar surface area (TPSA) is 66.9 Å². The second kappa shape index (κ2) is 6.22. The average Bonchev–Trinajstić information content (AvgIpc) is 2.93. The van der Waals surface area contributed by atoms with E-state index in [1.165, 1.54) is 7.11 Å². The molecule has 4 unspecified atom stereocenters. The molecule has 0 radical (unpaired) electrons. The van der Waals surface area contributed by atoms with Crippen LogP contribution >= 0.6 is 0 Å². The van der Waals surface area contributed by atoms with Crippen LogP contribution in [0.3, 0.4) is 0 Å². The van der Waals surface area contributed by atoms with E-state index in [1.807, 2.05) is 20.9 Å². The summed E-state index contributed by atoms with van der Waals surface area (Å²) in [5.74, 6) is -0.901. The predicted octanol–water partition coefficient (Wildman–Crippen LogP) is 0.682. The Morgan fingerprint density at radius 1 is 1.14 bits per heavy atom. The van der Waals surface area contributed by atoms with Crippen LogP contribution in [0.4, 0.5) is 0 Å². The Morgan fingerprint density at radius 3 is 2.24 bits per heavy atom. The maximum atomic E-state index is 12.9. The zero-order valence-corrected chi connectivity index (χ0v) is 14.1. The molecule has 0 spiro atoms. The number of rotatable bonds is 3. The standard InChI is InChI=1S/C14H26N2O4S/c1-10-8-16(9-11(2)15(10)3)21(18,19)13-7-5-6-12(13)14(17)20-4/h10-13H,5-9H2,1-4H3. The third-order valence-corrected chi connectivity index (χ3v) is 7.37. The number of ether oxygens (including phenoxy) is 1. The van der Waals surface area contributed by atoms with E-state index in [1.54, 1.807) is 4.31 Å². The molecule has 0 aromatic heterocycles. The van der Waals surface area contributed by atoms with Crippen LogP contribution in [0.1, 0.15) is 33.1 Å². The molecular weight excluding hydrogens is 292 g/mol. The molecule has 0 N–H and O–H groups in total. The van der Waals surface area contributed by atoms with Gasteiger partial charge in [0.15, 0.2) is 0 Å². The predicted molar refractivity (Wildman–Crippen MR) is 80.3 cm³/mol. The SMILES string of the molecule is COC(=O)C1CCCC1S(=O)(=O)N1CC(C)N(C)C(C)C1. The maximum Gasteiger partial charge on any atom is 0.310 e. The fourth-order valence-corrected chi connectivity index (χ4v) is 5.82. The summed E-state index contributed by atoms with van der Waals surface area (Å²) in [5, 5.41) is -0.618. The average molecular weight is 318 g/mol. The van der Waals surface area contributed by atoms with Gasteiger partial charge in [0.05, 0.1) is 18.3 Å². The Hall–Kier alpha value is -0.660. The van der Waals surface area contributed by atoms with Crippen molar-refractivity contribution in [3.63, 3.8) is 0 Å². The van der Waals surface area contributed by atoms with Crippen LogP contribution in [0, 0.1) is 5.92 Å². The molecule has 1 saturated heterocycles. The van der Waals surface area contributed by atoms with Crippen molar-refractivity contribution in [1.82, 2.24) is 9.21 Å². The number of piperazine rings is 1. The Kier molecular flexibility index (Phi) is 4.95. The molecule has 2 aliphatic rings. The van der Waals surface area contributed by atoms with Crippen LogP contribution in [-0.4, -0.2) is 68.2 Å². The van der Waals surface area contributed by atoms with E-state index in [2.05, 4.69) is 4.90 Å². The number of nitrogens with zero attached hydrogens (tertiary/aromatic N) is 2. The summed E-state index contributed by atoms with van der Waals surface area (Å²) in [6, 6.07) is 0.364. The summed E-state index contributed by atoms with van der Waals surface area (Å²) in [5.41, 5.74) is 0. The largest absolute Gasteiger partial charge is 0.469 e. The number of hydrogen-bond acceptors (Lipinski definition) is 5. The molecule has 2 rings (SSSR count). The lowest BCUT2D eigenvalue weighted by Crippen LogP contribution is -2.58. The van der Waals surface area contributed by atoms with Gasteiger partial charge in [0, 0.05) is 25.2 Å². The lowest BCUT2D eigenvalue weighted by molar-refractivity contribution is -0.145. The van der Waals surface area contributed by atoms with Crippen molar-refractivity contribution in [1.29, 1.82) is 0 Å². The van der Waals surface area contributed by atoms with Gasteiger partial charge in [0.25, 0.3) is 0 Å². The van der Waals surface area contributed by atoms with Crippen LogP contribution in [0.25, 0.3) is 0 Å². The van der Waals surface area contributed by atoms with Gasteiger partial charge in [-0.3, -0.25) is 9.69 Å². The van der Waals surface area contributed by atoms with Gasteiger partial charge >= 0.3 is 5.97 Å². The molecule has 7 heteroatoms. The molecule has 1 aliphatic heterocycles. The molecular formula is C14H26N2O4S. The number of likely N-dealkylation sites (N-methyl/N-ethyl adjacent to an activating group) is 1. The fraction of sp³-hybridized carbons (Fsp3) is 0.929. The Labute approximate surface area is 127 Å². The van der Waals surface area contributed by atoms with Crippen LogP contribution in [0.2, 0.25) is 0 Å². The summed E-state index contributed by atoms with van der Waals surface area (Å²) >= 11 is 0. The molecule has 122 valence electrons. The maximum absolute atomic E-state index is 12.9. The zero-order valence-electron chi connectivity index (χ0n) is 13.3. The van der Waals surface area contributed by atoms with E-state index in [0.717, 1.165) is 6.42 Å². The zero-order chi connectivity index (χ0) is 15.8. The highest BCUT2D eigenvalue weighted by Gasteiger charge is 2.46. The molecule has 0 amide bonds. The van der Waals surface area contributed by atoms with E-state index < -0.39 is 27.2 Å². The first-order valence-corrected chi connectivity index (χ1v) is 9.08. The minimum absolute atomic E-state index is 0.182. The van der Waals surface area contributed by atoms with Crippen LogP contribution in [0.5, 0.6) is 0 Å². The molecule has 0 aromatic rings. The van der Waals surface area contributed by atoms with Gasteiger partial charge in [-0.25, -0.2) is 8.42 Å². The molecule has 21 heavy (non-hydrogen) atoms. The molecule has 0 aromatic carbocycles. The van der Waals surface area contributed by atoms with Gasteiger partial charge in [-0.2, -0.15) is 4.31 Å². The molecule has 1 heterocycles. The van der Waals surface area contributed by atoms with E-state index in [-0.39, 0.29) is 12.1 Å². The second-order valence-electron chi connectivity index (χ2n) is 6.32. The number of carbonyl (C=O) groups excluding carboxylic acids is 1. The molecule has 4 atom stereocenters. The minimum atomic E-state index is -3.45. The summed E-state index contributed by atoms with van der Waals surface area (Å²) in [6.45, 7) is 5.05. The normalized spacial score (nSPS) is 35.8. The van der Waals surface area contributed by atoms with Crippen molar-refractivity contribution in [3.8, 4) is 0 Å². The Morgan fingerprint density at radius 2 is 1.71 bits per heavy atom. The Balaban J connectivity index is 2.19. The lowest BCUT2D eigenvalue weighted by Gasteiger charge is -2.42. The van der Waals surface area contributed by atoms with Gasteiger partial charge in [-0.15, -0.1) is 0 Å². The van der Waals surface area contributed by atoms with Crippen molar-refractivity contribution < 1.29 is 17.9 Å². The third-order valence-electron chi connectivity index (χ3n) is 5.03. The summed E-state index contributed by atoms with van der Waals surface area (Å²) in [6.07, 6.45) is 1.93. The highest BCUT2D eigenvalue weighted by Crippen LogP contribution is 2.34. The molecule has 1 aliphatic carbocycles. The number of methoxy groups -OCH3 is 1. The van der Waals surface area contributed by atoms with Crippen LogP contribution in [-0.2, 0) is 19.6 Å². The van der Waals surface area contributed by atoms with Gasteiger partial charge in [-0.05, 0) is 33.7 Å². The summed E-state index contributed by atoms with van der Waals surface area (Å²) < 4.78 is 32.2.